The van der Waals surface area contributed by atoms with E-state index in [1.54, 1.807) is 0 Å². The minimum absolute atomic E-state index is 0.0399. The standard InChI is InChI=1S/C10H15N2O8P/c13-7-3-6(12-2-1-9(14)11-10(12)15)4-19-8(7)5-20-21(16,17)18/h1-2,6-8,13H,3-5H2,(H,11,14,15)(H2,16,17,18). The third-order valence-corrected chi connectivity index (χ3v) is 3.58. The number of hydrogen-bond donors (Lipinski definition) is 4. The van der Waals surface area contributed by atoms with Crippen LogP contribution in [0.3, 0.4) is 0 Å². The molecule has 0 radical (unpaired) electrons. The summed E-state index contributed by atoms with van der Waals surface area (Å²) in [5, 5.41) is 9.90. The van der Waals surface area contributed by atoms with Crippen molar-refractivity contribution in [2.45, 2.75) is 24.7 Å². The molecule has 2 rings (SSSR count). The highest BCUT2D eigenvalue weighted by atomic mass is 31.2. The third-order valence-electron chi connectivity index (χ3n) is 3.10. The molecule has 10 nitrogen and oxygen atoms in total. The fraction of sp³-hybridized carbons (Fsp3) is 0.600. The molecule has 3 unspecified atom stereocenters. The first-order valence-corrected chi connectivity index (χ1v) is 7.60. The van der Waals surface area contributed by atoms with E-state index in [1.165, 1.54) is 16.8 Å². The molecular formula is C10H15N2O8P. The summed E-state index contributed by atoms with van der Waals surface area (Å²) in [5.74, 6) is 0. The third kappa shape index (κ3) is 4.34. The average Bonchev–Trinajstić information content (AvgIpc) is 2.36. The van der Waals surface area contributed by atoms with Crippen LogP contribution in [0.5, 0.6) is 0 Å². The molecule has 1 saturated heterocycles. The zero-order valence-corrected chi connectivity index (χ0v) is 11.7. The lowest BCUT2D eigenvalue weighted by atomic mass is 10.0. The van der Waals surface area contributed by atoms with Gasteiger partial charge in [0, 0.05) is 12.3 Å². The van der Waals surface area contributed by atoms with Gasteiger partial charge in [-0.2, -0.15) is 0 Å². The fourth-order valence-electron chi connectivity index (χ4n) is 2.08. The zero-order chi connectivity index (χ0) is 15.6. The van der Waals surface area contributed by atoms with Gasteiger partial charge in [-0.25, -0.2) is 9.36 Å². The Bertz CT molecular complexity index is 649. The first kappa shape index (κ1) is 16.1. The van der Waals surface area contributed by atoms with Crippen molar-refractivity contribution in [1.82, 2.24) is 9.55 Å². The Morgan fingerprint density at radius 2 is 2.19 bits per heavy atom. The molecule has 0 saturated carbocycles. The van der Waals surface area contributed by atoms with Gasteiger partial charge in [-0.3, -0.25) is 18.9 Å². The molecule has 118 valence electrons. The summed E-state index contributed by atoms with van der Waals surface area (Å²) in [6.45, 7) is -0.420. The van der Waals surface area contributed by atoms with Crippen LogP contribution in [0.15, 0.2) is 21.9 Å². The molecule has 0 aliphatic carbocycles. The minimum Gasteiger partial charge on any atom is -0.390 e. The monoisotopic (exact) mass is 322 g/mol. The number of aliphatic hydroxyl groups excluding tert-OH is 1. The van der Waals surface area contributed by atoms with Crippen LogP contribution < -0.4 is 11.2 Å². The maximum atomic E-state index is 11.6. The van der Waals surface area contributed by atoms with E-state index >= 15 is 0 Å². The van der Waals surface area contributed by atoms with Gasteiger partial charge < -0.3 is 19.6 Å². The molecule has 4 N–H and O–H groups in total. The van der Waals surface area contributed by atoms with Crippen molar-refractivity contribution in [1.29, 1.82) is 0 Å². The molecule has 2 heterocycles. The van der Waals surface area contributed by atoms with E-state index in [-0.39, 0.29) is 13.0 Å². The fourth-order valence-corrected chi connectivity index (χ4v) is 2.42. The molecule has 0 amide bonds. The molecule has 0 bridgehead atoms. The molecule has 21 heavy (non-hydrogen) atoms. The molecule has 0 aromatic carbocycles. The number of hydrogen-bond acceptors (Lipinski definition) is 6. The van der Waals surface area contributed by atoms with E-state index in [2.05, 4.69) is 9.51 Å². The van der Waals surface area contributed by atoms with Crippen molar-refractivity contribution in [2.75, 3.05) is 13.2 Å². The number of nitrogens with one attached hydrogen (secondary N) is 1. The lowest BCUT2D eigenvalue weighted by molar-refractivity contribution is -0.111. The second kappa shape index (κ2) is 6.22. The Morgan fingerprint density at radius 1 is 1.48 bits per heavy atom. The van der Waals surface area contributed by atoms with Crippen LogP contribution in [0, 0.1) is 0 Å². The normalized spacial score (nSPS) is 26.7. The maximum Gasteiger partial charge on any atom is 0.469 e. The Balaban J connectivity index is 2.02. The van der Waals surface area contributed by atoms with Crippen molar-refractivity contribution < 1.29 is 28.7 Å². The van der Waals surface area contributed by atoms with Crippen LogP contribution in [-0.2, 0) is 13.8 Å². The highest BCUT2D eigenvalue weighted by molar-refractivity contribution is 7.46. The second-order valence-corrected chi connectivity index (χ2v) is 5.87. The highest BCUT2D eigenvalue weighted by Crippen LogP contribution is 2.36. The Labute approximate surface area is 118 Å². The molecule has 1 aromatic heterocycles. The van der Waals surface area contributed by atoms with Crippen molar-refractivity contribution in [3.05, 3.63) is 33.1 Å². The van der Waals surface area contributed by atoms with Crippen molar-refractivity contribution in [3.8, 4) is 0 Å². The summed E-state index contributed by atoms with van der Waals surface area (Å²) < 4.78 is 21.4. The van der Waals surface area contributed by atoms with E-state index in [0.29, 0.717) is 0 Å². The number of H-pyrrole nitrogens is 1. The first-order valence-electron chi connectivity index (χ1n) is 6.07. The van der Waals surface area contributed by atoms with Gasteiger partial charge >= 0.3 is 13.5 Å². The smallest absolute Gasteiger partial charge is 0.390 e. The molecule has 0 spiro atoms. The predicted molar refractivity (Wildman–Crippen MR) is 68.7 cm³/mol. The Morgan fingerprint density at radius 3 is 2.76 bits per heavy atom. The summed E-state index contributed by atoms with van der Waals surface area (Å²) in [6.07, 6.45) is -0.531. The Hall–Kier alpha value is -1.29. The van der Waals surface area contributed by atoms with Crippen molar-refractivity contribution >= 4 is 7.82 Å². The molecular weight excluding hydrogens is 307 g/mol. The van der Waals surface area contributed by atoms with Crippen molar-refractivity contribution in [2.24, 2.45) is 0 Å². The van der Waals surface area contributed by atoms with E-state index in [4.69, 9.17) is 14.5 Å². The van der Waals surface area contributed by atoms with Gasteiger partial charge in [-0.1, -0.05) is 0 Å². The summed E-state index contributed by atoms with van der Waals surface area (Å²) in [6, 6.07) is 0.687. The van der Waals surface area contributed by atoms with Crippen LogP contribution in [0.2, 0.25) is 0 Å². The van der Waals surface area contributed by atoms with Gasteiger partial charge in [-0.15, -0.1) is 0 Å². The minimum atomic E-state index is -4.63. The van der Waals surface area contributed by atoms with Gasteiger partial charge in [0.25, 0.3) is 5.56 Å². The topological polar surface area (TPSA) is 151 Å². The highest BCUT2D eigenvalue weighted by Gasteiger charge is 2.33. The van der Waals surface area contributed by atoms with Crippen LogP contribution in [0.25, 0.3) is 0 Å². The largest absolute Gasteiger partial charge is 0.469 e. The average molecular weight is 322 g/mol. The predicted octanol–water partition coefficient (Wildman–Crippen LogP) is -1.66. The van der Waals surface area contributed by atoms with Gasteiger partial charge in [0.15, 0.2) is 0 Å². The van der Waals surface area contributed by atoms with E-state index in [1.807, 2.05) is 0 Å². The van der Waals surface area contributed by atoms with Gasteiger partial charge in [0.1, 0.15) is 6.10 Å². The molecule has 1 aromatic rings. The number of aromatic amines is 1. The summed E-state index contributed by atoms with van der Waals surface area (Å²) in [7, 11) is -4.63. The van der Waals surface area contributed by atoms with E-state index in [0.717, 1.165) is 0 Å². The number of aromatic nitrogens is 2. The van der Waals surface area contributed by atoms with Gasteiger partial charge in [0.2, 0.25) is 0 Å². The SMILES string of the molecule is O=c1ccn(C2COC(COP(=O)(O)O)C(O)C2)c(=O)[nH]1. The number of rotatable bonds is 4. The molecule has 3 atom stereocenters. The lowest BCUT2D eigenvalue weighted by Gasteiger charge is -2.33. The van der Waals surface area contributed by atoms with Crippen LogP contribution in [-0.4, -0.2) is 49.9 Å². The van der Waals surface area contributed by atoms with Gasteiger partial charge in [-0.05, 0) is 6.42 Å². The van der Waals surface area contributed by atoms with Gasteiger partial charge in [0.05, 0.1) is 25.4 Å². The Kier molecular flexibility index (Phi) is 4.77. The number of aliphatic hydroxyl groups is 1. The molecule has 1 fully saturated rings. The molecule has 1 aliphatic heterocycles. The van der Waals surface area contributed by atoms with Crippen molar-refractivity contribution in [3.63, 3.8) is 0 Å². The quantitative estimate of drug-likeness (QED) is 0.481. The number of ether oxygens (including phenoxy) is 1. The second-order valence-electron chi connectivity index (χ2n) is 4.63. The maximum absolute atomic E-state index is 11.6. The lowest BCUT2D eigenvalue weighted by Crippen LogP contribution is -2.44. The summed E-state index contributed by atoms with van der Waals surface area (Å²) >= 11 is 0. The molecule has 11 heteroatoms. The number of nitrogens with zero attached hydrogens (tertiary/aromatic N) is 1. The van der Waals surface area contributed by atoms with Crippen LogP contribution >= 0.6 is 7.82 Å². The summed E-state index contributed by atoms with van der Waals surface area (Å²) in [4.78, 5) is 41.9. The molecule has 1 aliphatic rings. The van der Waals surface area contributed by atoms with E-state index < -0.39 is 43.9 Å². The zero-order valence-electron chi connectivity index (χ0n) is 10.8. The van der Waals surface area contributed by atoms with Crippen LogP contribution in [0.4, 0.5) is 0 Å². The number of phosphoric ester groups is 1. The van der Waals surface area contributed by atoms with Crippen LogP contribution in [0.1, 0.15) is 12.5 Å². The number of phosphoric acid groups is 1. The first-order chi connectivity index (χ1) is 9.76. The van der Waals surface area contributed by atoms with E-state index in [9.17, 15) is 19.3 Å². The summed E-state index contributed by atoms with van der Waals surface area (Å²) in [5.41, 5.74) is -1.14.